The summed E-state index contributed by atoms with van der Waals surface area (Å²) in [5, 5.41) is 11.8. The number of ether oxygens (including phenoxy) is 1. The van der Waals surface area contributed by atoms with Gasteiger partial charge in [0.2, 0.25) is 5.91 Å². The summed E-state index contributed by atoms with van der Waals surface area (Å²) >= 11 is 0. The molecule has 0 radical (unpaired) electrons. The second-order valence-electron chi connectivity index (χ2n) is 6.98. The van der Waals surface area contributed by atoms with Crippen molar-refractivity contribution in [2.24, 2.45) is 4.99 Å². The first kappa shape index (κ1) is 26.0. The second-order valence-corrected chi connectivity index (χ2v) is 6.98. The Morgan fingerprint density at radius 3 is 2.11 bits per heavy atom. The van der Waals surface area contributed by atoms with Crippen LogP contribution < -0.4 is 21.3 Å². The molecule has 1 aromatic rings. The SMILES string of the molecule is CN=C(NCCNC(=O)OC(C)(C)C)NCCc1ccc(NC(C)=O)cc1.I. The van der Waals surface area contributed by atoms with Crippen molar-refractivity contribution in [1.82, 2.24) is 16.0 Å². The van der Waals surface area contributed by atoms with Crippen molar-refractivity contribution in [3.63, 3.8) is 0 Å². The number of carbonyl (C=O) groups excluding carboxylic acids is 2. The average Bonchev–Trinajstić information content (AvgIpc) is 2.56. The number of rotatable bonds is 7. The number of aliphatic imine (C=N–C) groups is 1. The van der Waals surface area contributed by atoms with Gasteiger partial charge in [-0.1, -0.05) is 12.1 Å². The van der Waals surface area contributed by atoms with Gasteiger partial charge >= 0.3 is 6.09 Å². The van der Waals surface area contributed by atoms with Crippen LogP contribution in [0.1, 0.15) is 33.3 Å². The van der Waals surface area contributed by atoms with E-state index in [0.29, 0.717) is 25.6 Å². The van der Waals surface area contributed by atoms with Crippen molar-refractivity contribution in [3.8, 4) is 0 Å². The average molecular weight is 505 g/mol. The molecule has 0 atom stereocenters. The van der Waals surface area contributed by atoms with Gasteiger partial charge in [0.15, 0.2) is 5.96 Å². The smallest absolute Gasteiger partial charge is 0.407 e. The third-order valence-electron chi connectivity index (χ3n) is 3.29. The Morgan fingerprint density at radius 1 is 1.00 bits per heavy atom. The van der Waals surface area contributed by atoms with Crippen molar-refractivity contribution in [3.05, 3.63) is 29.8 Å². The van der Waals surface area contributed by atoms with E-state index in [9.17, 15) is 9.59 Å². The lowest BCUT2D eigenvalue weighted by Gasteiger charge is -2.19. The number of amides is 2. The van der Waals surface area contributed by atoms with E-state index in [-0.39, 0.29) is 29.9 Å². The molecule has 0 aliphatic rings. The van der Waals surface area contributed by atoms with E-state index in [4.69, 9.17) is 4.74 Å². The molecule has 0 heterocycles. The minimum absolute atomic E-state index is 0. The van der Waals surface area contributed by atoms with Crippen LogP contribution in [0.25, 0.3) is 0 Å². The number of nitrogens with one attached hydrogen (secondary N) is 4. The Balaban J connectivity index is 0.00000729. The number of benzene rings is 1. The lowest BCUT2D eigenvalue weighted by molar-refractivity contribution is -0.114. The van der Waals surface area contributed by atoms with Gasteiger partial charge in [0, 0.05) is 39.3 Å². The van der Waals surface area contributed by atoms with Gasteiger partial charge in [0.1, 0.15) is 5.60 Å². The molecule has 0 fully saturated rings. The first-order valence-corrected chi connectivity index (χ1v) is 8.97. The van der Waals surface area contributed by atoms with Crippen molar-refractivity contribution in [2.75, 3.05) is 32.0 Å². The lowest BCUT2D eigenvalue weighted by Crippen LogP contribution is -2.42. The van der Waals surface area contributed by atoms with Gasteiger partial charge in [-0.25, -0.2) is 4.79 Å². The van der Waals surface area contributed by atoms with E-state index >= 15 is 0 Å². The van der Waals surface area contributed by atoms with Crippen LogP contribution in [-0.2, 0) is 16.0 Å². The molecule has 0 saturated carbocycles. The summed E-state index contributed by atoms with van der Waals surface area (Å²) in [6.45, 7) is 8.63. The fourth-order valence-corrected chi connectivity index (χ4v) is 2.16. The third-order valence-corrected chi connectivity index (χ3v) is 3.29. The van der Waals surface area contributed by atoms with Gasteiger partial charge < -0.3 is 26.0 Å². The molecule has 0 saturated heterocycles. The van der Waals surface area contributed by atoms with E-state index in [1.165, 1.54) is 6.92 Å². The largest absolute Gasteiger partial charge is 0.444 e. The van der Waals surface area contributed by atoms with E-state index in [1.54, 1.807) is 7.05 Å². The predicted molar refractivity (Wildman–Crippen MR) is 123 cm³/mol. The zero-order valence-corrected chi connectivity index (χ0v) is 19.5. The molecule has 4 N–H and O–H groups in total. The Morgan fingerprint density at radius 2 is 1.57 bits per heavy atom. The van der Waals surface area contributed by atoms with E-state index in [0.717, 1.165) is 17.7 Å². The molecule has 1 aromatic carbocycles. The topological polar surface area (TPSA) is 104 Å². The molecule has 0 aromatic heterocycles. The van der Waals surface area contributed by atoms with Crippen LogP contribution in [0.3, 0.4) is 0 Å². The lowest BCUT2D eigenvalue weighted by atomic mass is 10.1. The Hall–Kier alpha value is -2.04. The van der Waals surface area contributed by atoms with E-state index in [1.807, 2.05) is 45.0 Å². The van der Waals surface area contributed by atoms with Gasteiger partial charge in [0.05, 0.1) is 0 Å². The molecule has 0 aliphatic heterocycles. The number of nitrogens with zero attached hydrogens (tertiary/aromatic N) is 1. The molecule has 0 spiro atoms. The molecule has 8 nitrogen and oxygen atoms in total. The van der Waals surface area contributed by atoms with Gasteiger partial charge in [0.25, 0.3) is 0 Å². The molecular formula is C19H32IN5O3. The van der Waals surface area contributed by atoms with Crippen LogP contribution in [0.15, 0.2) is 29.3 Å². The zero-order valence-electron chi connectivity index (χ0n) is 17.2. The minimum atomic E-state index is -0.505. The summed E-state index contributed by atoms with van der Waals surface area (Å²) < 4.78 is 5.17. The monoisotopic (exact) mass is 505 g/mol. The molecule has 1 rings (SSSR count). The highest BCUT2D eigenvalue weighted by Gasteiger charge is 2.15. The number of alkyl carbamates (subject to hydrolysis) is 1. The number of guanidine groups is 1. The second kappa shape index (κ2) is 13.2. The highest BCUT2D eigenvalue weighted by Crippen LogP contribution is 2.09. The van der Waals surface area contributed by atoms with Crippen molar-refractivity contribution >= 4 is 47.6 Å². The van der Waals surface area contributed by atoms with Crippen LogP contribution in [0.5, 0.6) is 0 Å². The third kappa shape index (κ3) is 12.4. The Bertz CT molecular complexity index is 642. The van der Waals surface area contributed by atoms with Crippen LogP contribution in [0.2, 0.25) is 0 Å². The molecule has 2 amide bonds. The maximum atomic E-state index is 11.6. The Labute approximate surface area is 184 Å². The van der Waals surface area contributed by atoms with E-state index in [2.05, 4.69) is 26.3 Å². The molecular weight excluding hydrogens is 473 g/mol. The number of halogens is 1. The predicted octanol–water partition coefficient (Wildman–Crippen LogP) is 2.50. The summed E-state index contributed by atoms with van der Waals surface area (Å²) in [6, 6.07) is 7.72. The highest BCUT2D eigenvalue weighted by molar-refractivity contribution is 14.0. The molecule has 9 heteroatoms. The summed E-state index contributed by atoms with van der Waals surface area (Å²) in [5.41, 5.74) is 1.43. The fraction of sp³-hybridized carbons (Fsp3) is 0.526. The number of hydrogen-bond donors (Lipinski definition) is 4. The minimum Gasteiger partial charge on any atom is -0.444 e. The molecule has 0 aliphatic carbocycles. The Kier molecular flexibility index (Phi) is 12.2. The van der Waals surface area contributed by atoms with Gasteiger partial charge in [-0.3, -0.25) is 9.79 Å². The normalized spacial score (nSPS) is 11.1. The standard InChI is InChI=1S/C19H31N5O3.HI/c1-14(25)24-16-8-6-15(7-9-16)10-11-21-17(20-5)22-12-13-23-18(26)27-19(2,3)4;/h6-9H,10-13H2,1-5H3,(H,23,26)(H,24,25)(H2,20,21,22);1H. The van der Waals surface area contributed by atoms with Crippen LogP contribution >= 0.6 is 24.0 Å². The van der Waals surface area contributed by atoms with Crippen molar-refractivity contribution in [1.29, 1.82) is 0 Å². The zero-order chi connectivity index (χ0) is 20.3. The maximum absolute atomic E-state index is 11.6. The maximum Gasteiger partial charge on any atom is 0.407 e. The van der Waals surface area contributed by atoms with Crippen molar-refractivity contribution in [2.45, 2.75) is 39.7 Å². The summed E-state index contributed by atoms with van der Waals surface area (Å²) in [5.74, 6) is 0.580. The first-order valence-electron chi connectivity index (χ1n) is 8.97. The number of carbonyl (C=O) groups is 2. The molecule has 28 heavy (non-hydrogen) atoms. The molecule has 0 bridgehead atoms. The quantitative estimate of drug-likeness (QED) is 0.197. The molecule has 158 valence electrons. The van der Waals surface area contributed by atoms with Crippen LogP contribution in [0.4, 0.5) is 10.5 Å². The summed E-state index contributed by atoms with van der Waals surface area (Å²) in [7, 11) is 1.69. The van der Waals surface area contributed by atoms with Crippen LogP contribution in [-0.4, -0.2) is 50.2 Å². The number of hydrogen-bond acceptors (Lipinski definition) is 4. The van der Waals surface area contributed by atoms with E-state index < -0.39 is 11.7 Å². The van der Waals surface area contributed by atoms with Gasteiger partial charge in [-0.15, -0.1) is 24.0 Å². The van der Waals surface area contributed by atoms with Crippen LogP contribution in [0, 0.1) is 0 Å². The highest BCUT2D eigenvalue weighted by atomic mass is 127. The summed E-state index contributed by atoms with van der Waals surface area (Å²) in [6.07, 6.45) is 0.381. The van der Waals surface area contributed by atoms with Gasteiger partial charge in [-0.2, -0.15) is 0 Å². The van der Waals surface area contributed by atoms with Gasteiger partial charge in [-0.05, 0) is 44.9 Å². The van der Waals surface area contributed by atoms with Crippen molar-refractivity contribution < 1.29 is 14.3 Å². The summed E-state index contributed by atoms with van der Waals surface area (Å²) in [4.78, 5) is 26.7. The first-order chi connectivity index (χ1) is 12.7. The number of anilines is 1. The molecule has 0 unspecified atom stereocenters. The fourth-order valence-electron chi connectivity index (χ4n) is 2.16.